The van der Waals surface area contributed by atoms with Crippen LogP contribution >= 0.6 is 0 Å². The van der Waals surface area contributed by atoms with Crippen molar-refractivity contribution in [1.29, 1.82) is 0 Å². The number of rotatable bonds is 8. The first-order valence-electron chi connectivity index (χ1n) is 7.03. The van der Waals surface area contributed by atoms with Crippen LogP contribution in [0.3, 0.4) is 0 Å². The van der Waals surface area contributed by atoms with Gasteiger partial charge in [0.15, 0.2) is 11.5 Å². The van der Waals surface area contributed by atoms with Gasteiger partial charge in [-0.15, -0.1) is 0 Å². The smallest absolute Gasteiger partial charge is 0.371 e. The average molecular weight is 333 g/mol. The van der Waals surface area contributed by atoms with Crippen molar-refractivity contribution in [2.24, 2.45) is 0 Å². The summed E-state index contributed by atoms with van der Waals surface area (Å²) in [5, 5.41) is 19.2. The van der Waals surface area contributed by atoms with Crippen LogP contribution in [0.25, 0.3) is 6.08 Å². The van der Waals surface area contributed by atoms with Crippen molar-refractivity contribution in [3.05, 3.63) is 63.7 Å². The van der Waals surface area contributed by atoms with Crippen LogP contribution in [0.1, 0.15) is 28.8 Å². The number of ether oxygens (including phenoxy) is 2. The van der Waals surface area contributed by atoms with Crippen molar-refractivity contribution in [3.63, 3.8) is 0 Å². The molecule has 1 heterocycles. The lowest BCUT2D eigenvalue weighted by Gasteiger charge is -2.11. The maximum absolute atomic E-state index is 10.8. The zero-order valence-electron chi connectivity index (χ0n) is 12.8. The number of hydrogen-bond donors (Lipinski definition) is 1. The molecule has 1 aromatic heterocycles. The van der Waals surface area contributed by atoms with E-state index in [0.29, 0.717) is 29.4 Å². The minimum Gasteiger partial charge on any atom is -0.490 e. The lowest BCUT2D eigenvalue weighted by Crippen LogP contribution is -1.99. The molecule has 0 spiro atoms. The third-order valence-corrected chi connectivity index (χ3v) is 2.90. The van der Waals surface area contributed by atoms with Crippen molar-refractivity contribution < 1.29 is 28.7 Å². The molecule has 0 aliphatic rings. The zero-order chi connectivity index (χ0) is 17.5. The standard InChI is InChI=1S/C16H15NO7/c1-2-22-15-9-11(7-8-17(20)21)3-5-13(15)23-10-12-4-6-14(24-12)16(18)19/h3-9H,2,10H2,1H3,(H,18,19)/b8-7-. The van der Waals surface area contributed by atoms with Gasteiger partial charge in [-0.1, -0.05) is 6.07 Å². The Bertz CT molecular complexity index is 764. The number of carboxylic acids is 1. The Morgan fingerprint density at radius 2 is 2.08 bits per heavy atom. The molecule has 0 amide bonds. The van der Waals surface area contributed by atoms with E-state index in [0.717, 1.165) is 6.20 Å². The van der Waals surface area contributed by atoms with Crippen LogP contribution in [0.2, 0.25) is 0 Å². The van der Waals surface area contributed by atoms with Crippen LogP contribution in [0.4, 0.5) is 0 Å². The highest BCUT2D eigenvalue weighted by atomic mass is 16.6. The SMILES string of the molecule is CCOc1cc(/C=C\[N+](=O)[O-])ccc1OCc1ccc(C(=O)O)o1. The van der Waals surface area contributed by atoms with E-state index >= 15 is 0 Å². The topological polar surface area (TPSA) is 112 Å². The first kappa shape index (κ1) is 17.1. The van der Waals surface area contributed by atoms with Gasteiger partial charge in [-0.3, -0.25) is 10.1 Å². The predicted octanol–water partition coefficient (Wildman–Crippen LogP) is 3.20. The van der Waals surface area contributed by atoms with E-state index < -0.39 is 10.9 Å². The molecule has 1 aromatic carbocycles. The van der Waals surface area contributed by atoms with Crippen molar-refractivity contribution in [2.45, 2.75) is 13.5 Å². The van der Waals surface area contributed by atoms with E-state index in [4.69, 9.17) is 19.0 Å². The van der Waals surface area contributed by atoms with Crippen molar-refractivity contribution in [1.82, 2.24) is 0 Å². The van der Waals surface area contributed by atoms with Crippen LogP contribution in [0.5, 0.6) is 11.5 Å². The Morgan fingerprint density at radius 3 is 2.71 bits per heavy atom. The highest BCUT2D eigenvalue weighted by Gasteiger charge is 2.11. The first-order valence-corrected chi connectivity index (χ1v) is 7.03. The Balaban J connectivity index is 2.12. The lowest BCUT2D eigenvalue weighted by atomic mass is 10.2. The van der Waals surface area contributed by atoms with Crippen molar-refractivity contribution in [2.75, 3.05) is 6.61 Å². The van der Waals surface area contributed by atoms with E-state index in [2.05, 4.69) is 0 Å². The highest BCUT2D eigenvalue weighted by molar-refractivity contribution is 5.84. The molecule has 0 radical (unpaired) electrons. The Morgan fingerprint density at radius 1 is 1.29 bits per heavy atom. The average Bonchev–Trinajstić information content (AvgIpc) is 3.01. The highest BCUT2D eigenvalue weighted by Crippen LogP contribution is 2.30. The quantitative estimate of drug-likeness (QED) is 0.583. The molecular weight excluding hydrogens is 318 g/mol. The summed E-state index contributed by atoms with van der Waals surface area (Å²) < 4.78 is 16.1. The van der Waals surface area contributed by atoms with E-state index in [1.54, 1.807) is 25.1 Å². The number of nitrogens with zero attached hydrogens (tertiary/aromatic N) is 1. The van der Waals surface area contributed by atoms with Crippen molar-refractivity contribution in [3.8, 4) is 11.5 Å². The summed E-state index contributed by atoms with van der Waals surface area (Å²) in [6.07, 6.45) is 2.18. The molecule has 24 heavy (non-hydrogen) atoms. The fraction of sp³-hybridized carbons (Fsp3) is 0.188. The van der Waals surface area contributed by atoms with Crippen LogP contribution in [-0.4, -0.2) is 22.6 Å². The number of furan rings is 1. The molecule has 0 aliphatic heterocycles. The van der Waals surface area contributed by atoms with Gasteiger partial charge in [0.1, 0.15) is 12.4 Å². The second-order valence-electron chi connectivity index (χ2n) is 4.60. The molecule has 0 fully saturated rings. The Kier molecular flexibility index (Phi) is 5.56. The van der Waals surface area contributed by atoms with Crippen LogP contribution in [-0.2, 0) is 6.61 Å². The number of carboxylic acid groups (broad SMARTS) is 1. The fourth-order valence-electron chi connectivity index (χ4n) is 1.88. The molecule has 0 bridgehead atoms. The second kappa shape index (κ2) is 7.82. The zero-order valence-corrected chi connectivity index (χ0v) is 12.8. The third kappa shape index (κ3) is 4.60. The largest absolute Gasteiger partial charge is 0.490 e. The predicted molar refractivity (Wildman–Crippen MR) is 83.6 cm³/mol. The minimum atomic E-state index is -1.15. The van der Waals surface area contributed by atoms with Gasteiger partial charge in [-0.25, -0.2) is 4.79 Å². The number of aromatic carboxylic acids is 1. The van der Waals surface area contributed by atoms with E-state index in [-0.39, 0.29) is 12.4 Å². The number of carbonyl (C=O) groups is 1. The van der Waals surface area contributed by atoms with Crippen LogP contribution in [0, 0.1) is 10.1 Å². The summed E-state index contributed by atoms with van der Waals surface area (Å²) in [4.78, 5) is 20.6. The van der Waals surface area contributed by atoms with E-state index in [1.165, 1.54) is 18.2 Å². The van der Waals surface area contributed by atoms with Gasteiger partial charge in [0.25, 0.3) is 0 Å². The van der Waals surface area contributed by atoms with Crippen LogP contribution < -0.4 is 9.47 Å². The lowest BCUT2D eigenvalue weighted by molar-refractivity contribution is -0.400. The molecule has 126 valence electrons. The Hall–Kier alpha value is -3.29. The molecule has 8 heteroatoms. The van der Waals surface area contributed by atoms with Crippen LogP contribution in [0.15, 0.2) is 40.9 Å². The molecule has 1 N–H and O–H groups in total. The normalized spacial score (nSPS) is 10.7. The van der Waals surface area contributed by atoms with Gasteiger partial charge < -0.3 is 19.0 Å². The molecule has 0 saturated heterocycles. The van der Waals surface area contributed by atoms with E-state index in [1.807, 2.05) is 0 Å². The van der Waals surface area contributed by atoms with Gasteiger partial charge in [0, 0.05) is 6.08 Å². The summed E-state index contributed by atoms with van der Waals surface area (Å²) in [6, 6.07) is 7.73. The molecule has 0 aliphatic carbocycles. The summed E-state index contributed by atoms with van der Waals surface area (Å²) in [5.41, 5.74) is 0.591. The molecule has 0 atom stereocenters. The molecule has 2 rings (SSSR count). The van der Waals surface area contributed by atoms with Crippen molar-refractivity contribution >= 4 is 12.0 Å². The second-order valence-corrected chi connectivity index (χ2v) is 4.60. The van der Waals surface area contributed by atoms with Gasteiger partial charge in [0.2, 0.25) is 12.0 Å². The number of nitro groups is 1. The minimum absolute atomic E-state index is 0.0252. The summed E-state index contributed by atoms with van der Waals surface area (Å²) in [5.74, 6) is -0.124. The number of benzene rings is 1. The van der Waals surface area contributed by atoms with E-state index in [9.17, 15) is 14.9 Å². The van der Waals surface area contributed by atoms with Gasteiger partial charge in [-0.05, 0) is 36.8 Å². The molecular formula is C16H15NO7. The van der Waals surface area contributed by atoms with Gasteiger partial charge in [-0.2, -0.15) is 0 Å². The fourth-order valence-corrected chi connectivity index (χ4v) is 1.88. The first-order chi connectivity index (χ1) is 11.5. The summed E-state index contributed by atoms with van der Waals surface area (Å²) in [6.45, 7) is 2.22. The number of hydrogen-bond acceptors (Lipinski definition) is 6. The maximum Gasteiger partial charge on any atom is 0.371 e. The molecule has 2 aromatic rings. The van der Waals surface area contributed by atoms with Gasteiger partial charge >= 0.3 is 5.97 Å². The molecule has 8 nitrogen and oxygen atoms in total. The van der Waals surface area contributed by atoms with Gasteiger partial charge in [0.05, 0.1) is 11.5 Å². The molecule has 0 saturated carbocycles. The maximum atomic E-state index is 10.8. The molecule has 0 unspecified atom stereocenters. The Labute approximate surface area is 137 Å². The summed E-state index contributed by atoms with van der Waals surface area (Å²) >= 11 is 0. The summed E-state index contributed by atoms with van der Waals surface area (Å²) in [7, 11) is 0. The third-order valence-electron chi connectivity index (χ3n) is 2.90. The monoisotopic (exact) mass is 333 g/mol.